The molecule has 12 nitrogen and oxygen atoms in total. The maximum Gasteiger partial charge on any atom is 0.408 e. The van der Waals surface area contributed by atoms with Crippen LogP contribution in [-0.4, -0.2) is 80.7 Å². The predicted octanol–water partition coefficient (Wildman–Crippen LogP) is 3.30. The van der Waals surface area contributed by atoms with Gasteiger partial charge in [0.05, 0.1) is 18.1 Å². The summed E-state index contributed by atoms with van der Waals surface area (Å²) in [6.45, 7) is 8.77. The van der Waals surface area contributed by atoms with Crippen LogP contribution in [0.5, 0.6) is 0 Å². The molecule has 5 rings (SSSR count). The number of ether oxygens (including phenoxy) is 2. The number of carbonyl (C=O) groups is 4. The van der Waals surface area contributed by atoms with E-state index in [2.05, 4.69) is 33.1 Å². The molecule has 1 heterocycles. The Hall–Kier alpha value is -2.97. The number of alkyl carbamates (subject to hydrolysis) is 1. The van der Waals surface area contributed by atoms with Gasteiger partial charge in [-0.1, -0.05) is 42.8 Å². The standard InChI is InChI=1S/C31H40BrN3O9S/c1-6-19-15-31(19,28(38)42-5)34-26(36)24-14-22(44-45(40,41)23-9-7-20(32)8-10-23)16-35(24)27(37)25(30(2,3)4)33-29(39)43-21-12-17-11-18(17)13-21/h6-10,17-19,21-22,24-25H,1,11-16H2,2-5H3,(H,33,39)(H,34,36)/t17-,18+,19-,21?,22+,24+,25-,31+/m1/s1. The second-order valence-corrected chi connectivity index (χ2v) is 16.1. The highest BCUT2D eigenvalue weighted by Gasteiger charge is 2.62. The molecule has 1 aromatic rings. The lowest BCUT2D eigenvalue weighted by Crippen LogP contribution is -2.59. The van der Waals surface area contributed by atoms with Crippen LogP contribution in [0.25, 0.3) is 0 Å². The molecule has 1 unspecified atom stereocenters. The topological polar surface area (TPSA) is 157 Å². The first-order valence-corrected chi connectivity index (χ1v) is 17.3. The Morgan fingerprint density at radius 3 is 2.27 bits per heavy atom. The van der Waals surface area contributed by atoms with Crippen molar-refractivity contribution in [2.75, 3.05) is 13.7 Å². The van der Waals surface area contributed by atoms with Gasteiger partial charge in [0.25, 0.3) is 10.1 Å². The third-order valence-electron chi connectivity index (χ3n) is 9.26. The summed E-state index contributed by atoms with van der Waals surface area (Å²) in [6, 6.07) is 3.55. The number of rotatable bonds is 10. The SMILES string of the molecule is C=C[C@@H]1C[C@@]1(NC(=O)[C@@H]1C[C@H](OS(=O)(=O)c2ccc(Br)cc2)CN1C(=O)[C@@H](NC(=O)OC1C[C@@H]2C[C@@H]2C1)C(C)(C)C)C(=O)OC. The smallest absolute Gasteiger partial charge is 0.408 e. The molecule has 8 atom stereocenters. The van der Waals surface area contributed by atoms with Gasteiger partial charge in [-0.05, 0) is 67.2 Å². The van der Waals surface area contributed by atoms with Gasteiger partial charge in [-0.3, -0.25) is 13.8 Å². The fraction of sp³-hybridized carbons (Fsp3) is 0.613. The normalized spacial score (nSPS) is 30.9. The van der Waals surface area contributed by atoms with Gasteiger partial charge in [0, 0.05) is 23.4 Å². The number of carbonyl (C=O) groups excluding carboxylic acids is 4. The zero-order chi connectivity index (χ0) is 32.9. The van der Waals surface area contributed by atoms with Crippen molar-refractivity contribution in [3.8, 4) is 0 Å². The quantitative estimate of drug-likeness (QED) is 0.211. The number of methoxy groups -OCH3 is 1. The molecule has 0 radical (unpaired) electrons. The molecule has 3 amide bonds. The van der Waals surface area contributed by atoms with E-state index in [4.69, 9.17) is 13.7 Å². The van der Waals surface area contributed by atoms with Gasteiger partial charge in [-0.25, -0.2) is 9.59 Å². The molecule has 3 aliphatic carbocycles. The van der Waals surface area contributed by atoms with Crippen LogP contribution in [0.1, 0.15) is 52.9 Å². The zero-order valence-corrected chi connectivity index (χ0v) is 28.2. The molecular weight excluding hydrogens is 670 g/mol. The number of esters is 1. The number of benzene rings is 1. The van der Waals surface area contributed by atoms with Crippen LogP contribution in [0.15, 0.2) is 46.3 Å². The lowest BCUT2D eigenvalue weighted by molar-refractivity contribution is -0.148. The molecule has 1 aromatic carbocycles. The first-order chi connectivity index (χ1) is 21.1. The molecule has 0 aromatic heterocycles. The van der Waals surface area contributed by atoms with Gasteiger partial charge in [0.15, 0.2) is 0 Å². The lowest BCUT2D eigenvalue weighted by atomic mass is 9.85. The Kier molecular flexibility index (Phi) is 9.15. The second-order valence-electron chi connectivity index (χ2n) is 13.6. The van der Waals surface area contributed by atoms with E-state index in [-0.39, 0.29) is 36.3 Å². The summed E-state index contributed by atoms with van der Waals surface area (Å²) >= 11 is 3.27. The number of halogens is 1. The maximum absolute atomic E-state index is 14.2. The second kappa shape index (κ2) is 12.3. The maximum atomic E-state index is 14.2. The van der Waals surface area contributed by atoms with Crippen molar-refractivity contribution >= 4 is 49.9 Å². The molecule has 3 saturated carbocycles. The number of amides is 3. The third kappa shape index (κ3) is 7.07. The summed E-state index contributed by atoms with van der Waals surface area (Å²) in [5, 5.41) is 5.45. The highest BCUT2D eigenvalue weighted by molar-refractivity contribution is 9.10. The van der Waals surface area contributed by atoms with E-state index in [9.17, 15) is 27.6 Å². The summed E-state index contributed by atoms with van der Waals surface area (Å²) in [7, 11) is -3.05. The lowest BCUT2D eigenvalue weighted by Gasteiger charge is -2.35. The number of likely N-dealkylation sites (tertiary alicyclic amines) is 1. The minimum absolute atomic E-state index is 0.0885. The highest BCUT2D eigenvalue weighted by atomic mass is 79.9. The van der Waals surface area contributed by atoms with Crippen molar-refractivity contribution in [2.24, 2.45) is 23.2 Å². The summed E-state index contributed by atoms with van der Waals surface area (Å²) < 4.78 is 43.1. The van der Waals surface area contributed by atoms with E-state index in [1.807, 2.05) is 0 Å². The fourth-order valence-electron chi connectivity index (χ4n) is 6.56. The van der Waals surface area contributed by atoms with Gasteiger partial charge >= 0.3 is 12.1 Å². The van der Waals surface area contributed by atoms with Crippen molar-refractivity contribution in [1.29, 1.82) is 0 Å². The van der Waals surface area contributed by atoms with Crippen molar-refractivity contribution in [2.45, 2.75) is 87.6 Å². The van der Waals surface area contributed by atoms with Crippen LogP contribution in [0.3, 0.4) is 0 Å². The molecule has 45 heavy (non-hydrogen) atoms. The summed E-state index contributed by atoms with van der Waals surface area (Å²) in [5.74, 6) is -1.11. The predicted molar refractivity (Wildman–Crippen MR) is 165 cm³/mol. The molecule has 1 saturated heterocycles. The number of nitrogens with one attached hydrogen (secondary N) is 2. The van der Waals surface area contributed by atoms with Crippen LogP contribution in [-0.2, 0) is 38.2 Å². The number of fused-ring (bicyclic) bond motifs is 1. The largest absolute Gasteiger partial charge is 0.467 e. The Balaban J connectivity index is 1.37. The Morgan fingerprint density at radius 1 is 1.07 bits per heavy atom. The van der Waals surface area contributed by atoms with Gasteiger partial charge in [0.2, 0.25) is 11.8 Å². The first kappa shape index (κ1) is 33.4. The highest BCUT2D eigenvalue weighted by Crippen LogP contribution is 2.52. The van der Waals surface area contributed by atoms with Crippen LogP contribution in [0, 0.1) is 23.2 Å². The van der Waals surface area contributed by atoms with Gasteiger partial charge in [0.1, 0.15) is 23.7 Å². The van der Waals surface area contributed by atoms with E-state index in [0.717, 1.165) is 19.3 Å². The molecule has 0 spiro atoms. The number of hydrogen-bond acceptors (Lipinski definition) is 9. The van der Waals surface area contributed by atoms with E-state index in [1.165, 1.54) is 24.1 Å². The Morgan fingerprint density at radius 2 is 1.71 bits per heavy atom. The molecule has 14 heteroatoms. The molecule has 4 aliphatic rings. The van der Waals surface area contributed by atoms with Crippen LogP contribution in [0.2, 0.25) is 0 Å². The van der Waals surface area contributed by atoms with E-state index in [0.29, 0.717) is 16.3 Å². The van der Waals surface area contributed by atoms with Crippen LogP contribution in [0.4, 0.5) is 4.79 Å². The van der Waals surface area contributed by atoms with Crippen molar-refractivity contribution in [3.63, 3.8) is 0 Å². The number of hydrogen-bond donors (Lipinski definition) is 2. The average molecular weight is 711 g/mol. The van der Waals surface area contributed by atoms with Crippen molar-refractivity contribution < 1.29 is 41.3 Å². The monoisotopic (exact) mass is 709 g/mol. The van der Waals surface area contributed by atoms with E-state index < -0.39 is 63.1 Å². The summed E-state index contributed by atoms with van der Waals surface area (Å²) in [6.07, 6.45) is 2.40. The zero-order valence-electron chi connectivity index (χ0n) is 25.8. The Labute approximate surface area is 271 Å². The van der Waals surface area contributed by atoms with Gasteiger partial charge in [-0.15, -0.1) is 6.58 Å². The average Bonchev–Trinajstić information content (AvgIpc) is 3.78. The molecule has 4 fully saturated rings. The van der Waals surface area contributed by atoms with Crippen LogP contribution >= 0.6 is 15.9 Å². The van der Waals surface area contributed by atoms with Crippen LogP contribution < -0.4 is 10.6 Å². The third-order valence-corrected chi connectivity index (χ3v) is 11.2. The van der Waals surface area contributed by atoms with Gasteiger partial charge < -0.3 is 25.0 Å². The summed E-state index contributed by atoms with van der Waals surface area (Å²) in [5.41, 5.74) is -2.15. The Bertz CT molecular complexity index is 1470. The fourth-order valence-corrected chi connectivity index (χ4v) is 7.90. The molecular formula is C31H40BrN3O9S. The number of nitrogens with zero attached hydrogens (tertiary/aromatic N) is 1. The van der Waals surface area contributed by atoms with E-state index in [1.54, 1.807) is 39.0 Å². The minimum atomic E-state index is -4.26. The van der Waals surface area contributed by atoms with Gasteiger partial charge in [-0.2, -0.15) is 8.42 Å². The molecule has 2 N–H and O–H groups in total. The van der Waals surface area contributed by atoms with Crippen molar-refractivity contribution in [1.82, 2.24) is 15.5 Å². The summed E-state index contributed by atoms with van der Waals surface area (Å²) in [4.78, 5) is 54.8. The minimum Gasteiger partial charge on any atom is -0.467 e. The first-order valence-electron chi connectivity index (χ1n) is 15.1. The molecule has 246 valence electrons. The molecule has 0 bridgehead atoms. The molecule has 1 aliphatic heterocycles. The van der Waals surface area contributed by atoms with Crippen molar-refractivity contribution in [3.05, 3.63) is 41.4 Å². The van der Waals surface area contributed by atoms with E-state index >= 15 is 0 Å².